The second kappa shape index (κ2) is 6.27. The summed E-state index contributed by atoms with van der Waals surface area (Å²) >= 11 is 0. The largest absolute Gasteiger partial charge is 0.270 e. The molecule has 0 saturated heterocycles. The van der Waals surface area contributed by atoms with Crippen molar-refractivity contribution in [3.05, 3.63) is 77.5 Å². The fraction of sp³-hybridized carbons (Fsp3) is 0.0556. The zero-order chi connectivity index (χ0) is 16.2. The second-order valence-electron chi connectivity index (χ2n) is 5.10. The molecule has 0 aliphatic heterocycles. The highest BCUT2D eigenvalue weighted by Crippen LogP contribution is 2.17. The van der Waals surface area contributed by atoms with Gasteiger partial charge in [0.15, 0.2) is 0 Å². The van der Waals surface area contributed by atoms with E-state index < -0.39 is 0 Å². The number of aryl methyl sites for hydroxylation is 1. The van der Waals surface area contributed by atoms with Gasteiger partial charge in [0.1, 0.15) is 0 Å². The van der Waals surface area contributed by atoms with Gasteiger partial charge in [0.25, 0.3) is 11.8 Å². The number of amides is 2. The lowest BCUT2D eigenvalue weighted by atomic mass is 10.1. The molecule has 0 aliphatic rings. The quantitative estimate of drug-likeness (QED) is 0.715. The molecule has 0 bridgehead atoms. The molecule has 2 amide bonds. The zero-order valence-electron chi connectivity index (χ0n) is 12.5. The van der Waals surface area contributed by atoms with E-state index in [4.69, 9.17) is 0 Å². The van der Waals surface area contributed by atoms with E-state index in [9.17, 15) is 9.59 Å². The van der Waals surface area contributed by atoms with Crippen LogP contribution in [0.15, 0.2) is 60.7 Å². The van der Waals surface area contributed by atoms with Crippen LogP contribution in [0.2, 0.25) is 0 Å². The Morgan fingerprint density at radius 3 is 2.30 bits per heavy atom. The van der Waals surface area contributed by atoms with E-state index in [1.54, 1.807) is 30.3 Å². The summed E-state index contributed by atoms with van der Waals surface area (Å²) in [5.41, 5.74) is 7.30. The molecule has 5 nitrogen and oxygen atoms in total. The number of rotatable bonds is 2. The minimum Gasteiger partial charge on any atom is -0.267 e. The molecule has 0 radical (unpaired) electrons. The number of nitrogens with zero attached hydrogens (tertiary/aromatic N) is 1. The Hall–Kier alpha value is -3.21. The number of hydrazine groups is 1. The Morgan fingerprint density at radius 2 is 1.52 bits per heavy atom. The van der Waals surface area contributed by atoms with Crippen molar-refractivity contribution < 1.29 is 9.59 Å². The number of pyridine rings is 1. The maximum Gasteiger partial charge on any atom is 0.270 e. The van der Waals surface area contributed by atoms with Crippen LogP contribution in [0, 0.1) is 6.92 Å². The highest BCUT2D eigenvalue weighted by atomic mass is 16.2. The molecule has 23 heavy (non-hydrogen) atoms. The highest BCUT2D eigenvalue weighted by molar-refractivity contribution is 6.07. The van der Waals surface area contributed by atoms with Crippen molar-refractivity contribution in [3.63, 3.8) is 0 Å². The monoisotopic (exact) mass is 305 g/mol. The maximum absolute atomic E-state index is 12.4. The predicted octanol–water partition coefficient (Wildman–Crippen LogP) is 2.62. The first kappa shape index (κ1) is 14.7. The Kier molecular flexibility index (Phi) is 4.01. The third-order valence-corrected chi connectivity index (χ3v) is 3.41. The number of nitrogens with one attached hydrogen (secondary N) is 2. The number of carbonyl (C=O) groups excluding carboxylic acids is 2. The molecule has 1 heterocycles. The Balaban J connectivity index is 1.80. The van der Waals surface area contributed by atoms with Crippen LogP contribution in [0.5, 0.6) is 0 Å². The van der Waals surface area contributed by atoms with Gasteiger partial charge in [-0.2, -0.15) is 0 Å². The number of hydrogen-bond donors (Lipinski definition) is 2. The third kappa shape index (κ3) is 3.18. The van der Waals surface area contributed by atoms with Crippen LogP contribution in [0.4, 0.5) is 0 Å². The number of carbonyl (C=O) groups is 2. The van der Waals surface area contributed by atoms with Crippen molar-refractivity contribution in [3.8, 4) is 0 Å². The Labute approximate surface area is 133 Å². The SMILES string of the molecule is Cc1cc(C(=O)NNC(=O)c2ccccc2)c2ccccc2n1. The van der Waals surface area contributed by atoms with E-state index in [0.29, 0.717) is 11.1 Å². The molecule has 2 N–H and O–H groups in total. The van der Waals surface area contributed by atoms with Crippen LogP contribution in [0.25, 0.3) is 10.9 Å². The van der Waals surface area contributed by atoms with E-state index in [2.05, 4.69) is 15.8 Å². The van der Waals surface area contributed by atoms with Crippen molar-refractivity contribution in [1.82, 2.24) is 15.8 Å². The molecule has 0 aliphatic carbocycles. The van der Waals surface area contributed by atoms with Crippen LogP contribution in [0.3, 0.4) is 0 Å². The van der Waals surface area contributed by atoms with Gasteiger partial charge < -0.3 is 0 Å². The van der Waals surface area contributed by atoms with E-state index in [0.717, 1.165) is 16.6 Å². The second-order valence-corrected chi connectivity index (χ2v) is 5.10. The molecular formula is C18H15N3O2. The van der Waals surface area contributed by atoms with Gasteiger partial charge in [-0.05, 0) is 31.2 Å². The van der Waals surface area contributed by atoms with Crippen LogP contribution >= 0.6 is 0 Å². The summed E-state index contributed by atoms with van der Waals surface area (Å²) in [6.45, 7) is 1.83. The van der Waals surface area contributed by atoms with E-state index >= 15 is 0 Å². The first-order valence-corrected chi connectivity index (χ1v) is 7.17. The smallest absolute Gasteiger partial charge is 0.267 e. The average molecular weight is 305 g/mol. The van der Waals surface area contributed by atoms with Crippen molar-refractivity contribution in [2.75, 3.05) is 0 Å². The molecule has 0 spiro atoms. The summed E-state index contributed by atoms with van der Waals surface area (Å²) < 4.78 is 0. The van der Waals surface area contributed by atoms with Gasteiger partial charge in [0.2, 0.25) is 0 Å². The summed E-state index contributed by atoms with van der Waals surface area (Å²) in [5, 5.41) is 0.740. The molecule has 2 aromatic carbocycles. The minimum atomic E-state index is -0.379. The third-order valence-electron chi connectivity index (χ3n) is 3.41. The van der Waals surface area contributed by atoms with Crippen molar-refractivity contribution in [2.24, 2.45) is 0 Å². The number of fused-ring (bicyclic) bond motifs is 1. The number of benzene rings is 2. The summed E-state index contributed by atoms with van der Waals surface area (Å²) in [7, 11) is 0. The standard InChI is InChI=1S/C18H15N3O2/c1-12-11-15(14-9-5-6-10-16(14)19-12)18(23)21-20-17(22)13-7-3-2-4-8-13/h2-11H,1H3,(H,20,22)(H,21,23). The van der Waals surface area contributed by atoms with Gasteiger partial charge in [0, 0.05) is 16.6 Å². The topological polar surface area (TPSA) is 71.1 Å². The normalized spacial score (nSPS) is 10.3. The Morgan fingerprint density at radius 1 is 0.870 bits per heavy atom. The molecule has 0 fully saturated rings. The summed E-state index contributed by atoms with van der Waals surface area (Å²) in [6.07, 6.45) is 0. The molecule has 0 unspecified atom stereocenters. The zero-order valence-corrected chi connectivity index (χ0v) is 12.5. The first-order chi connectivity index (χ1) is 11.1. The molecule has 3 aromatic rings. The van der Waals surface area contributed by atoms with Gasteiger partial charge >= 0.3 is 0 Å². The lowest BCUT2D eigenvalue weighted by molar-refractivity contribution is 0.0847. The summed E-state index contributed by atoms with van der Waals surface area (Å²) in [4.78, 5) is 28.8. The molecule has 114 valence electrons. The lowest BCUT2D eigenvalue weighted by Crippen LogP contribution is -2.41. The van der Waals surface area contributed by atoms with Crippen LogP contribution in [0.1, 0.15) is 26.4 Å². The fourth-order valence-electron chi connectivity index (χ4n) is 2.34. The summed E-state index contributed by atoms with van der Waals surface area (Å²) in [5.74, 6) is -0.745. The molecule has 3 rings (SSSR count). The number of para-hydroxylation sites is 1. The van der Waals surface area contributed by atoms with Crippen molar-refractivity contribution >= 4 is 22.7 Å². The van der Waals surface area contributed by atoms with E-state index in [1.165, 1.54) is 0 Å². The van der Waals surface area contributed by atoms with E-state index in [1.807, 2.05) is 37.3 Å². The molecule has 0 saturated carbocycles. The number of aromatic nitrogens is 1. The molecular weight excluding hydrogens is 290 g/mol. The Bertz CT molecular complexity index is 876. The minimum absolute atomic E-state index is 0.367. The van der Waals surface area contributed by atoms with Crippen LogP contribution in [-0.2, 0) is 0 Å². The highest BCUT2D eigenvalue weighted by Gasteiger charge is 2.13. The van der Waals surface area contributed by atoms with Gasteiger partial charge in [-0.3, -0.25) is 25.4 Å². The van der Waals surface area contributed by atoms with Crippen molar-refractivity contribution in [2.45, 2.75) is 6.92 Å². The van der Waals surface area contributed by atoms with Gasteiger partial charge in [0.05, 0.1) is 11.1 Å². The van der Waals surface area contributed by atoms with Gasteiger partial charge in [-0.25, -0.2) is 0 Å². The summed E-state index contributed by atoms with van der Waals surface area (Å²) in [6, 6.07) is 17.8. The predicted molar refractivity (Wildman–Crippen MR) is 87.9 cm³/mol. The van der Waals surface area contributed by atoms with Crippen LogP contribution < -0.4 is 10.9 Å². The fourth-order valence-corrected chi connectivity index (χ4v) is 2.34. The molecule has 0 atom stereocenters. The molecule has 5 heteroatoms. The number of hydrogen-bond acceptors (Lipinski definition) is 3. The maximum atomic E-state index is 12.4. The van der Waals surface area contributed by atoms with E-state index in [-0.39, 0.29) is 11.8 Å². The lowest BCUT2D eigenvalue weighted by Gasteiger charge is -2.10. The first-order valence-electron chi connectivity index (χ1n) is 7.17. The van der Waals surface area contributed by atoms with Crippen molar-refractivity contribution in [1.29, 1.82) is 0 Å². The van der Waals surface area contributed by atoms with Gasteiger partial charge in [-0.15, -0.1) is 0 Å². The molecule has 1 aromatic heterocycles. The van der Waals surface area contributed by atoms with Crippen LogP contribution in [-0.4, -0.2) is 16.8 Å². The van der Waals surface area contributed by atoms with Gasteiger partial charge in [-0.1, -0.05) is 36.4 Å². The average Bonchev–Trinajstić information content (AvgIpc) is 2.59.